The Hall–Kier alpha value is -1.46. The van der Waals surface area contributed by atoms with Crippen LogP contribution in [0, 0.1) is 11.8 Å². The van der Waals surface area contributed by atoms with Crippen molar-refractivity contribution in [1.82, 2.24) is 16.0 Å². The Bertz CT molecular complexity index is 576. The molecule has 0 aromatic rings. The lowest BCUT2D eigenvalue weighted by molar-refractivity contribution is -0.143. The molecule has 168 valence electrons. The Labute approximate surface area is 183 Å². The zero-order chi connectivity index (χ0) is 22.7. The first kappa shape index (κ1) is 27.5. The smallest absolute Gasteiger partial charge is 0.326 e. The zero-order valence-electron chi connectivity index (χ0n) is 17.3. The molecule has 0 aromatic heterocycles. The van der Waals surface area contributed by atoms with E-state index in [0.717, 1.165) is 0 Å². The van der Waals surface area contributed by atoms with Crippen LogP contribution in [0.2, 0.25) is 0 Å². The summed E-state index contributed by atoms with van der Waals surface area (Å²) in [6, 6.07) is -3.91. The summed E-state index contributed by atoms with van der Waals surface area (Å²) in [5.41, 5.74) is 5.82. The zero-order valence-corrected chi connectivity index (χ0v) is 19.1. The SMILES string of the molecule is CCC(C)C(NC(=O)C(CS)NC(=O)C(CS)NC(=O)C(N)CC(C)C)C(=O)O. The molecular formula is C18H34N4O5S2. The minimum atomic E-state index is -1.16. The fourth-order valence-corrected chi connectivity index (χ4v) is 3.01. The third-order valence-electron chi connectivity index (χ3n) is 4.47. The molecule has 0 aromatic carbocycles. The Morgan fingerprint density at radius 2 is 1.34 bits per heavy atom. The van der Waals surface area contributed by atoms with Gasteiger partial charge in [0.15, 0.2) is 0 Å². The van der Waals surface area contributed by atoms with Crippen LogP contribution in [0.3, 0.4) is 0 Å². The molecule has 6 N–H and O–H groups in total. The summed E-state index contributed by atoms with van der Waals surface area (Å²) in [7, 11) is 0. The standard InChI is InChI=1S/C18H34N4O5S2/c1-5-10(4)14(18(26)27)22-17(25)13(8-29)21-16(24)12(7-28)20-15(23)11(19)6-9(2)3/h9-14,28-29H,5-8,19H2,1-4H3,(H,20,23)(H,21,24)(H,22,25)(H,26,27). The Balaban J connectivity index is 5.02. The summed E-state index contributed by atoms with van der Waals surface area (Å²) < 4.78 is 0. The van der Waals surface area contributed by atoms with E-state index in [4.69, 9.17) is 5.73 Å². The van der Waals surface area contributed by atoms with E-state index in [-0.39, 0.29) is 23.3 Å². The number of amides is 3. The van der Waals surface area contributed by atoms with E-state index in [0.29, 0.717) is 12.8 Å². The lowest BCUT2D eigenvalue weighted by atomic mass is 9.99. The number of carbonyl (C=O) groups is 4. The van der Waals surface area contributed by atoms with Crippen molar-refractivity contribution in [2.45, 2.75) is 64.7 Å². The van der Waals surface area contributed by atoms with Gasteiger partial charge in [-0.15, -0.1) is 0 Å². The second kappa shape index (κ2) is 13.7. The van der Waals surface area contributed by atoms with Gasteiger partial charge in [0.05, 0.1) is 6.04 Å². The Morgan fingerprint density at radius 1 is 0.897 bits per heavy atom. The molecule has 3 amide bonds. The average molecular weight is 451 g/mol. The van der Waals surface area contributed by atoms with Crippen LogP contribution >= 0.6 is 25.3 Å². The number of rotatable bonds is 13. The molecule has 0 bridgehead atoms. The highest BCUT2D eigenvalue weighted by Crippen LogP contribution is 2.08. The predicted octanol–water partition coefficient (Wildman–Crippen LogP) is -0.195. The van der Waals surface area contributed by atoms with Crippen LogP contribution in [0.5, 0.6) is 0 Å². The summed E-state index contributed by atoms with van der Waals surface area (Å²) in [5.74, 6) is -3.07. The predicted molar refractivity (Wildman–Crippen MR) is 118 cm³/mol. The molecule has 0 radical (unpaired) electrons. The number of hydrogen-bond acceptors (Lipinski definition) is 7. The van der Waals surface area contributed by atoms with Crippen molar-refractivity contribution in [2.24, 2.45) is 17.6 Å². The Kier molecular flexibility index (Phi) is 13.0. The third kappa shape index (κ3) is 9.72. The largest absolute Gasteiger partial charge is 0.480 e. The number of nitrogens with two attached hydrogens (primary N) is 1. The molecule has 0 saturated heterocycles. The number of carboxylic acids is 1. The molecule has 0 aliphatic carbocycles. The quantitative estimate of drug-likeness (QED) is 0.193. The molecule has 0 spiro atoms. The molecule has 0 fully saturated rings. The van der Waals surface area contributed by atoms with Crippen LogP contribution < -0.4 is 21.7 Å². The van der Waals surface area contributed by atoms with Crippen LogP contribution in [0.15, 0.2) is 0 Å². The summed E-state index contributed by atoms with van der Waals surface area (Å²) >= 11 is 8.15. The van der Waals surface area contributed by atoms with E-state index in [1.165, 1.54) is 0 Å². The first-order valence-corrected chi connectivity index (χ1v) is 10.9. The highest BCUT2D eigenvalue weighted by atomic mass is 32.1. The van der Waals surface area contributed by atoms with Crippen molar-refractivity contribution in [3.05, 3.63) is 0 Å². The maximum Gasteiger partial charge on any atom is 0.326 e. The maximum absolute atomic E-state index is 12.5. The second-order valence-electron chi connectivity index (χ2n) is 7.43. The first-order chi connectivity index (χ1) is 13.5. The number of thiol groups is 2. The van der Waals surface area contributed by atoms with Crippen molar-refractivity contribution in [1.29, 1.82) is 0 Å². The summed E-state index contributed by atoms with van der Waals surface area (Å²) in [6.07, 6.45) is 1.01. The van der Waals surface area contributed by atoms with Crippen LogP contribution in [0.1, 0.15) is 40.5 Å². The summed E-state index contributed by atoms with van der Waals surface area (Å²) in [6.45, 7) is 7.38. The van der Waals surface area contributed by atoms with Gasteiger partial charge in [-0.25, -0.2) is 4.79 Å². The lowest BCUT2D eigenvalue weighted by Crippen LogP contribution is -2.58. The number of carbonyl (C=O) groups excluding carboxylic acids is 3. The molecule has 0 aliphatic rings. The van der Waals surface area contributed by atoms with E-state index in [1.807, 2.05) is 20.8 Å². The monoisotopic (exact) mass is 450 g/mol. The van der Waals surface area contributed by atoms with E-state index in [9.17, 15) is 24.3 Å². The fourth-order valence-electron chi connectivity index (χ4n) is 2.49. The average Bonchev–Trinajstić information content (AvgIpc) is 2.66. The normalized spacial score (nSPS) is 16.3. The van der Waals surface area contributed by atoms with Gasteiger partial charge in [-0.3, -0.25) is 14.4 Å². The molecule has 5 atom stereocenters. The topological polar surface area (TPSA) is 151 Å². The molecule has 9 nitrogen and oxygen atoms in total. The number of aliphatic carboxylic acids is 1. The van der Waals surface area contributed by atoms with Crippen molar-refractivity contribution in [2.75, 3.05) is 11.5 Å². The summed E-state index contributed by atoms with van der Waals surface area (Å²) in [5, 5.41) is 16.7. The van der Waals surface area contributed by atoms with E-state index >= 15 is 0 Å². The maximum atomic E-state index is 12.5. The second-order valence-corrected chi connectivity index (χ2v) is 8.16. The van der Waals surface area contributed by atoms with Gasteiger partial charge in [-0.2, -0.15) is 25.3 Å². The van der Waals surface area contributed by atoms with Crippen LogP contribution in [-0.2, 0) is 19.2 Å². The van der Waals surface area contributed by atoms with E-state index in [2.05, 4.69) is 41.2 Å². The number of hydrogen-bond donors (Lipinski definition) is 7. The number of nitrogens with one attached hydrogen (secondary N) is 3. The molecule has 0 heterocycles. The summed E-state index contributed by atoms with van der Waals surface area (Å²) in [4.78, 5) is 48.5. The molecule has 0 rings (SSSR count). The molecule has 5 unspecified atom stereocenters. The van der Waals surface area contributed by atoms with Gasteiger partial charge in [-0.05, 0) is 18.3 Å². The van der Waals surface area contributed by atoms with Gasteiger partial charge < -0.3 is 26.8 Å². The van der Waals surface area contributed by atoms with Crippen molar-refractivity contribution in [3.63, 3.8) is 0 Å². The van der Waals surface area contributed by atoms with E-state index in [1.54, 1.807) is 6.92 Å². The number of carboxylic acid groups (broad SMARTS) is 1. The molecule has 0 aliphatic heterocycles. The van der Waals surface area contributed by atoms with Crippen molar-refractivity contribution in [3.8, 4) is 0 Å². The van der Waals surface area contributed by atoms with Crippen LogP contribution in [0.4, 0.5) is 0 Å². The highest BCUT2D eigenvalue weighted by Gasteiger charge is 2.31. The van der Waals surface area contributed by atoms with Gasteiger partial charge in [-0.1, -0.05) is 34.1 Å². The third-order valence-corrected chi connectivity index (χ3v) is 5.20. The molecule has 0 saturated carbocycles. The highest BCUT2D eigenvalue weighted by molar-refractivity contribution is 7.80. The van der Waals surface area contributed by atoms with Crippen LogP contribution in [0.25, 0.3) is 0 Å². The van der Waals surface area contributed by atoms with Gasteiger partial charge in [0.2, 0.25) is 17.7 Å². The minimum absolute atomic E-state index is 0.00248. The van der Waals surface area contributed by atoms with Crippen molar-refractivity contribution < 1.29 is 24.3 Å². The fraction of sp³-hybridized carbons (Fsp3) is 0.778. The van der Waals surface area contributed by atoms with Gasteiger partial charge in [0.1, 0.15) is 18.1 Å². The molecule has 29 heavy (non-hydrogen) atoms. The minimum Gasteiger partial charge on any atom is -0.480 e. The van der Waals surface area contributed by atoms with E-state index < -0.39 is 47.9 Å². The lowest BCUT2D eigenvalue weighted by Gasteiger charge is -2.25. The van der Waals surface area contributed by atoms with Crippen molar-refractivity contribution >= 4 is 48.9 Å². The van der Waals surface area contributed by atoms with Gasteiger partial charge in [0, 0.05) is 11.5 Å². The molecule has 11 heteroatoms. The first-order valence-electron chi connectivity index (χ1n) is 9.59. The van der Waals surface area contributed by atoms with Gasteiger partial charge in [0.25, 0.3) is 0 Å². The Morgan fingerprint density at radius 3 is 1.72 bits per heavy atom. The van der Waals surface area contributed by atoms with Gasteiger partial charge >= 0.3 is 5.97 Å². The van der Waals surface area contributed by atoms with Crippen LogP contribution in [-0.4, -0.2) is 64.5 Å². The molecular weight excluding hydrogens is 416 g/mol.